The number of carbonyl (C=O) groups excluding carboxylic acids is 1. The lowest BCUT2D eigenvalue weighted by molar-refractivity contribution is -0.00586. The second-order valence-corrected chi connectivity index (χ2v) is 4.66. The number of benzene rings is 1. The van der Waals surface area contributed by atoms with E-state index >= 15 is 0 Å². The first-order chi connectivity index (χ1) is 9.11. The predicted molar refractivity (Wildman–Crippen MR) is 67.2 cm³/mol. The third-order valence-electron chi connectivity index (χ3n) is 3.41. The smallest absolute Gasteiger partial charge is 0.176 e. The zero-order valence-electron chi connectivity index (χ0n) is 10.9. The van der Waals surface area contributed by atoms with Crippen LogP contribution in [0.1, 0.15) is 23.7 Å². The Morgan fingerprint density at radius 1 is 1.42 bits per heavy atom. The van der Waals surface area contributed by atoms with Gasteiger partial charge in [0.25, 0.3) is 0 Å². The minimum atomic E-state index is -0.986. The zero-order chi connectivity index (χ0) is 13.8. The Kier molecular flexibility index (Phi) is 4.61. The van der Waals surface area contributed by atoms with Crippen molar-refractivity contribution in [2.24, 2.45) is 0 Å². The van der Waals surface area contributed by atoms with Crippen LogP contribution in [0.2, 0.25) is 0 Å². The monoisotopic (exact) mass is 269 g/mol. The van der Waals surface area contributed by atoms with Crippen molar-refractivity contribution in [3.8, 4) is 0 Å². The third-order valence-corrected chi connectivity index (χ3v) is 3.41. The Morgan fingerprint density at radius 2 is 2.21 bits per heavy atom. The van der Waals surface area contributed by atoms with Gasteiger partial charge < -0.3 is 4.74 Å². The fourth-order valence-electron chi connectivity index (χ4n) is 2.22. The van der Waals surface area contributed by atoms with Gasteiger partial charge in [0.05, 0.1) is 19.8 Å². The van der Waals surface area contributed by atoms with E-state index in [1.54, 1.807) is 0 Å². The molecule has 3 nitrogen and oxygen atoms in total. The van der Waals surface area contributed by atoms with Gasteiger partial charge in [-0.05, 0) is 24.6 Å². The van der Waals surface area contributed by atoms with Gasteiger partial charge in [0.1, 0.15) is 0 Å². The van der Waals surface area contributed by atoms with Crippen molar-refractivity contribution < 1.29 is 18.3 Å². The van der Waals surface area contributed by atoms with E-state index in [2.05, 4.69) is 0 Å². The number of hydrogen-bond acceptors (Lipinski definition) is 3. The highest BCUT2D eigenvalue weighted by molar-refractivity contribution is 5.97. The molecule has 1 heterocycles. The number of rotatable bonds is 4. The van der Waals surface area contributed by atoms with E-state index in [4.69, 9.17) is 4.74 Å². The second-order valence-electron chi connectivity index (χ2n) is 4.66. The normalized spacial score (nSPS) is 20.5. The molecule has 0 saturated carbocycles. The number of carbonyl (C=O) groups is 1. The molecule has 1 unspecified atom stereocenters. The third kappa shape index (κ3) is 3.36. The van der Waals surface area contributed by atoms with Crippen molar-refractivity contribution in [1.82, 2.24) is 4.90 Å². The Labute approximate surface area is 111 Å². The molecule has 0 aliphatic carbocycles. The number of hydrogen-bond donors (Lipinski definition) is 0. The molecular formula is C14H17F2NO2. The molecule has 1 atom stereocenters. The van der Waals surface area contributed by atoms with Crippen molar-refractivity contribution >= 4 is 5.78 Å². The highest BCUT2D eigenvalue weighted by atomic mass is 19.2. The molecule has 1 aromatic rings. The van der Waals surface area contributed by atoms with Crippen molar-refractivity contribution in [2.45, 2.75) is 19.4 Å². The molecule has 1 aliphatic heterocycles. The van der Waals surface area contributed by atoms with Gasteiger partial charge in [-0.25, -0.2) is 8.78 Å². The van der Waals surface area contributed by atoms with Crippen molar-refractivity contribution in [3.63, 3.8) is 0 Å². The summed E-state index contributed by atoms with van der Waals surface area (Å²) in [4.78, 5) is 14.1. The minimum Gasteiger partial charge on any atom is -0.378 e. The van der Waals surface area contributed by atoms with Gasteiger partial charge in [-0.15, -0.1) is 0 Å². The number of Topliss-reactive ketones (excluding diaryl/α,β-unsaturated/α-hetero) is 1. The van der Waals surface area contributed by atoms with Gasteiger partial charge in [0.2, 0.25) is 0 Å². The quantitative estimate of drug-likeness (QED) is 0.785. The van der Waals surface area contributed by atoms with E-state index in [-0.39, 0.29) is 23.9 Å². The first-order valence-electron chi connectivity index (χ1n) is 6.42. The topological polar surface area (TPSA) is 29.5 Å². The van der Waals surface area contributed by atoms with Gasteiger partial charge in [0, 0.05) is 18.2 Å². The van der Waals surface area contributed by atoms with E-state index in [1.807, 2.05) is 11.8 Å². The summed E-state index contributed by atoms with van der Waals surface area (Å²) < 4.78 is 31.3. The molecule has 5 heteroatoms. The van der Waals surface area contributed by atoms with Gasteiger partial charge >= 0.3 is 0 Å². The molecule has 0 N–H and O–H groups in total. The summed E-state index contributed by atoms with van der Waals surface area (Å²) in [6.07, 6.45) is 0.894. The van der Waals surface area contributed by atoms with Crippen LogP contribution in [0.25, 0.3) is 0 Å². The fourth-order valence-corrected chi connectivity index (χ4v) is 2.22. The molecule has 0 amide bonds. The molecule has 0 radical (unpaired) electrons. The summed E-state index contributed by atoms with van der Waals surface area (Å²) in [5.41, 5.74) is 0.209. The van der Waals surface area contributed by atoms with Crippen LogP contribution in [0.4, 0.5) is 8.78 Å². The fraction of sp³-hybridized carbons (Fsp3) is 0.500. The van der Waals surface area contributed by atoms with Crippen LogP contribution in [-0.4, -0.2) is 43.0 Å². The number of halogens is 2. The minimum absolute atomic E-state index is 0.195. The summed E-state index contributed by atoms with van der Waals surface area (Å²) in [6.45, 7) is 4.15. The zero-order valence-corrected chi connectivity index (χ0v) is 10.9. The van der Waals surface area contributed by atoms with Crippen LogP contribution in [0.3, 0.4) is 0 Å². The molecule has 1 fully saturated rings. The summed E-state index contributed by atoms with van der Waals surface area (Å²) in [6, 6.07) is 3.48. The average Bonchev–Trinajstić information content (AvgIpc) is 2.42. The molecular weight excluding hydrogens is 252 g/mol. The van der Waals surface area contributed by atoms with Crippen LogP contribution in [0.15, 0.2) is 18.2 Å². The van der Waals surface area contributed by atoms with E-state index in [0.717, 1.165) is 18.6 Å². The van der Waals surface area contributed by atoms with Gasteiger partial charge in [-0.1, -0.05) is 6.92 Å². The maximum absolute atomic E-state index is 13.1. The predicted octanol–water partition coefficient (Wildman–Crippen LogP) is 2.26. The van der Waals surface area contributed by atoms with Crippen LogP contribution in [0.5, 0.6) is 0 Å². The molecule has 0 spiro atoms. The maximum Gasteiger partial charge on any atom is 0.176 e. The molecule has 1 aromatic carbocycles. The summed E-state index contributed by atoms with van der Waals surface area (Å²) in [7, 11) is 0. The van der Waals surface area contributed by atoms with Crippen molar-refractivity contribution in [2.75, 3.05) is 26.3 Å². The molecule has 0 aromatic heterocycles. The molecule has 19 heavy (non-hydrogen) atoms. The first kappa shape index (κ1) is 14.1. The largest absolute Gasteiger partial charge is 0.378 e. The van der Waals surface area contributed by atoms with E-state index in [1.165, 1.54) is 6.07 Å². The Morgan fingerprint density at radius 3 is 2.89 bits per heavy atom. The van der Waals surface area contributed by atoms with Crippen LogP contribution < -0.4 is 0 Å². The molecule has 0 bridgehead atoms. The van der Waals surface area contributed by atoms with Gasteiger partial charge in [-0.2, -0.15) is 0 Å². The van der Waals surface area contributed by atoms with Crippen LogP contribution >= 0.6 is 0 Å². The van der Waals surface area contributed by atoms with E-state index in [0.29, 0.717) is 19.8 Å². The highest BCUT2D eigenvalue weighted by Gasteiger charge is 2.24. The molecule has 1 aliphatic rings. The van der Waals surface area contributed by atoms with Crippen molar-refractivity contribution in [3.05, 3.63) is 35.4 Å². The standard InChI is InChI=1S/C14H17F2NO2/c1-2-11-9-19-6-5-17(11)8-14(18)10-3-4-12(15)13(16)7-10/h3-4,7,11H,2,5-6,8-9H2,1H3. The lowest BCUT2D eigenvalue weighted by atomic mass is 10.1. The number of ether oxygens (including phenoxy) is 1. The lowest BCUT2D eigenvalue weighted by Gasteiger charge is -2.34. The van der Waals surface area contributed by atoms with Crippen LogP contribution in [0, 0.1) is 11.6 Å². The summed E-state index contributed by atoms with van der Waals surface area (Å²) >= 11 is 0. The molecule has 1 saturated heterocycles. The van der Waals surface area contributed by atoms with E-state index in [9.17, 15) is 13.6 Å². The summed E-state index contributed by atoms with van der Waals surface area (Å²) in [5, 5.41) is 0. The maximum atomic E-state index is 13.1. The Hall–Kier alpha value is -1.33. The molecule has 104 valence electrons. The number of morpholine rings is 1. The number of nitrogens with zero attached hydrogens (tertiary/aromatic N) is 1. The first-order valence-corrected chi connectivity index (χ1v) is 6.42. The number of ketones is 1. The van der Waals surface area contributed by atoms with Crippen LogP contribution in [-0.2, 0) is 4.74 Å². The van der Waals surface area contributed by atoms with Gasteiger partial charge in [0.15, 0.2) is 17.4 Å². The van der Waals surface area contributed by atoms with E-state index < -0.39 is 11.6 Å². The SMILES string of the molecule is CCC1COCCN1CC(=O)c1ccc(F)c(F)c1. The second kappa shape index (κ2) is 6.21. The Balaban J connectivity index is 2.05. The van der Waals surface area contributed by atoms with Gasteiger partial charge in [-0.3, -0.25) is 9.69 Å². The molecule has 2 rings (SSSR count). The Bertz CT molecular complexity index is 465. The summed E-state index contributed by atoms with van der Waals surface area (Å²) in [5.74, 6) is -2.12. The van der Waals surface area contributed by atoms with Crippen molar-refractivity contribution in [1.29, 1.82) is 0 Å². The average molecular weight is 269 g/mol. The lowest BCUT2D eigenvalue weighted by Crippen LogP contribution is -2.47. The highest BCUT2D eigenvalue weighted by Crippen LogP contribution is 2.13.